The Hall–Kier alpha value is -4.80. The van der Waals surface area contributed by atoms with Gasteiger partial charge in [0.05, 0.1) is 17.9 Å². The number of nitrogens with zero attached hydrogens (tertiary/aromatic N) is 4. The number of piperidine rings is 1. The fraction of sp³-hybridized carbons (Fsp3) is 0.405. The third kappa shape index (κ3) is 7.14. The van der Waals surface area contributed by atoms with Gasteiger partial charge in [0.2, 0.25) is 5.88 Å². The van der Waals surface area contributed by atoms with E-state index in [0.717, 1.165) is 61.3 Å². The molecule has 0 unspecified atom stereocenters. The first-order chi connectivity index (χ1) is 24.9. The number of rotatable bonds is 9. The van der Waals surface area contributed by atoms with Crippen LogP contribution in [0.3, 0.4) is 0 Å². The SMILES string of the molecule is Cc1nc2c(cc(-c3ccnc(OC4CCN(Cc5ccccc5)CC4)c3)n2C)c(-c2cc(F)c3c(c2C)CCCO3)c1[C@H](OC(C)(C)C)C(=O)O. The number of aromatic nitrogens is 3. The van der Waals surface area contributed by atoms with Gasteiger partial charge < -0.3 is 23.9 Å². The van der Waals surface area contributed by atoms with Crippen molar-refractivity contribution < 1.29 is 28.5 Å². The number of carboxylic acid groups (broad SMARTS) is 1. The highest BCUT2D eigenvalue weighted by atomic mass is 19.1. The zero-order valence-corrected chi connectivity index (χ0v) is 30.8. The number of fused-ring (bicyclic) bond motifs is 2. The fourth-order valence-corrected chi connectivity index (χ4v) is 7.68. The van der Waals surface area contributed by atoms with Crippen LogP contribution in [0.4, 0.5) is 4.39 Å². The van der Waals surface area contributed by atoms with Gasteiger partial charge in [-0.1, -0.05) is 30.3 Å². The van der Waals surface area contributed by atoms with Gasteiger partial charge in [-0.05, 0) is 95.2 Å². The van der Waals surface area contributed by atoms with Crippen LogP contribution in [0.5, 0.6) is 11.6 Å². The first-order valence-corrected chi connectivity index (χ1v) is 18.1. The quantitative estimate of drug-likeness (QED) is 0.163. The lowest BCUT2D eigenvalue weighted by atomic mass is 9.86. The van der Waals surface area contributed by atoms with Gasteiger partial charge in [0.25, 0.3) is 0 Å². The Morgan fingerprint density at radius 1 is 1.10 bits per heavy atom. The van der Waals surface area contributed by atoms with Crippen molar-refractivity contribution in [1.82, 2.24) is 19.4 Å². The van der Waals surface area contributed by atoms with Gasteiger partial charge in [-0.25, -0.2) is 19.2 Å². The average molecular weight is 707 g/mol. The molecule has 5 heterocycles. The molecule has 3 aromatic heterocycles. The molecule has 9 nitrogen and oxygen atoms in total. The summed E-state index contributed by atoms with van der Waals surface area (Å²) in [5, 5.41) is 11.3. The lowest BCUT2D eigenvalue weighted by molar-refractivity contribution is -0.160. The molecule has 0 saturated carbocycles. The molecule has 272 valence electrons. The van der Waals surface area contributed by atoms with E-state index < -0.39 is 23.5 Å². The number of halogens is 1. The Morgan fingerprint density at radius 2 is 1.85 bits per heavy atom. The maximum absolute atomic E-state index is 15.8. The predicted molar refractivity (Wildman–Crippen MR) is 199 cm³/mol. The van der Waals surface area contributed by atoms with Gasteiger partial charge in [-0.15, -0.1) is 0 Å². The van der Waals surface area contributed by atoms with Crippen LogP contribution in [-0.2, 0) is 29.5 Å². The van der Waals surface area contributed by atoms with Gasteiger partial charge >= 0.3 is 5.97 Å². The number of likely N-dealkylation sites (tertiary alicyclic amines) is 1. The highest BCUT2D eigenvalue weighted by molar-refractivity contribution is 6.01. The van der Waals surface area contributed by atoms with E-state index in [2.05, 4.69) is 34.1 Å². The van der Waals surface area contributed by atoms with Crippen molar-refractivity contribution in [3.8, 4) is 34.0 Å². The first-order valence-electron chi connectivity index (χ1n) is 18.1. The Kier molecular flexibility index (Phi) is 9.80. The molecular formula is C42H47FN4O5. The van der Waals surface area contributed by atoms with Crippen LogP contribution < -0.4 is 9.47 Å². The van der Waals surface area contributed by atoms with Gasteiger partial charge in [-0.3, -0.25) is 4.90 Å². The third-order valence-electron chi connectivity index (χ3n) is 10.2. The fourth-order valence-electron chi connectivity index (χ4n) is 7.68. The van der Waals surface area contributed by atoms with Crippen molar-refractivity contribution in [2.75, 3.05) is 19.7 Å². The monoisotopic (exact) mass is 706 g/mol. The zero-order chi connectivity index (χ0) is 36.7. The van der Waals surface area contributed by atoms with Crippen molar-refractivity contribution >= 4 is 17.0 Å². The number of aryl methyl sites for hydroxylation is 2. The summed E-state index contributed by atoms with van der Waals surface area (Å²) in [5.74, 6) is -0.786. The predicted octanol–water partition coefficient (Wildman–Crippen LogP) is 8.37. The van der Waals surface area contributed by atoms with Gasteiger partial charge in [0, 0.05) is 72.3 Å². The lowest BCUT2D eigenvalue weighted by Crippen LogP contribution is -2.37. The maximum Gasteiger partial charge on any atom is 0.337 e. The molecule has 0 amide bonds. The van der Waals surface area contributed by atoms with Crippen molar-refractivity contribution in [3.05, 3.63) is 94.6 Å². The summed E-state index contributed by atoms with van der Waals surface area (Å²) in [4.78, 5) is 25.0. The number of benzene rings is 2. The summed E-state index contributed by atoms with van der Waals surface area (Å²) >= 11 is 0. The van der Waals surface area contributed by atoms with E-state index in [-0.39, 0.29) is 11.9 Å². The largest absolute Gasteiger partial charge is 0.490 e. The molecule has 0 bridgehead atoms. The normalized spacial score (nSPS) is 16.1. The second-order valence-electron chi connectivity index (χ2n) is 15.0. The number of aliphatic carboxylic acids is 1. The molecule has 1 fully saturated rings. The number of carboxylic acids is 1. The molecule has 0 aliphatic carbocycles. The third-order valence-corrected chi connectivity index (χ3v) is 10.2. The van der Waals surface area contributed by atoms with Crippen LogP contribution >= 0.6 is 0 Å². The molecule has 1 N–H and O–H groups in total. The van der Waals surface area contributed by atoms with E-state index in [4.69, 9.17) is 19.2 Å². The standard InChI is InChI=1S/C42H47FN4O5/c1-25-30-13-10-20-50-38(30)33(43)22-31(25)37-32-23-34(46(6)40(32)45-26(2)36(37)39(41(48)49)52-42(3,4)5)28-14-17-44-35(21-28)51-29-15-18-47(19-16-29)24-27-11-8-7-9-12-27/h7-9,11-12,14,17,21-23,29,39H,10,13,15-16,18-20,24H2,1-6H3,(H,48,49)/t39-/m0/s1. The summed E-state index contributed by atoms with van der Waals surface area (Å²) in [6, 6.07) is 17.9. The minimum absolute atomic E-state index is 0.0577. The van der Waals surface area contributed by atoms with Gasteiger partial charge in [0.1, 0.15) is 11.8 Å². The van der Waals surface area contributed by atoms with Crippen LogP contribution in [-0.4, -0.2) is 61.9 Å². The molecule has 0 spiro atoms. The average Bonchev–Trinajstić information content (AvgIpc) is 3.44. The smallest absolute Gasteiger partial charge is 0.337 e. The minimum Gasteiger partial charge on any atom is -0.490 e. The molecule has 10 heteroatoms. The van der Waals surface area contributed by atoms with Gasteiger partial charge in [-0.2, -0.15) is 0 Å². The van der Waals surface area contributed by atoms with E-state index in [1.165, 1.54) is 11.6 Å². The molecule has 7 rings (SSSR count). The molecule has 5 aromatic rings. The molecule has 0 radical (unpaired) electrons. The molecule has 2 aromatic carbocycles. The van der Waals surface area contributed by atoms with Crippen LogP contribution in [0.1, 0.15) is 74.1 Å². The number of carbonyl (C=O) groups is 1. The van der Waals surface area contributed by atoms with Crippen LogP contribution in [0.2, 0.25) is 0 Å². The number of ether oxygens (including phenoxy) is 3. The molecule has 1 saturated heterocycles. The zero-order valence-electron chi connectivity index (χ0n) is 30.8. The lowest BCUT2D eigenvalue weighted by Gasteiger charge is -2.31. The summed E-state index contributed by atoms with van der Waals surface area (Å²) < 4.78 is 36.3. The van der Waals surface area contributed by atoms with Gasteiger partial charge in [0.15, 0.2) is 17.7 Å². The second kappa shape index (κ2) is 14.3. The molecule has 2 aliphatic rings. The van der Waals surface area contributed by atoms with Crippen molar-refractivity contribution in [2.24, 2.45) is 7.05 Å². The van der Waals surface area contributed by atoms with Crippen molar-refractivity contribution in [1.29, 1.82) is 0 Å². The second-order valence-corrected chi connectivity index (χ2v) is 15.0. The highest BCUT2D eigenvalue weighted by Crippen LogP contribution is 2.45. The first kappa shape index (κ1) is 35.6. The van der Waals surface area contributed by atoms with Crippen LogP contribution in [0.25, 0.3) is 33.4 Å². The van der Waals surface area contributed by atoms with E-state index in [9.17, 15) is 9.90 Å². The maximum atomic E-state index is 15.8. The number of hydrogen-bond donors (Lipinski definition) is 1. The van der Waals surface area contributed by atoms with E-state index in [1.807, 2.05) is 63.6 Å². The van der Waals surface area contributed by atoms with E-state index in [0.29, 0.717) is 52.3 Å². The number of pyridine rings is 2. The van der Waals surface area contributed by atoms with E-state index >= 15 is 4.39 Å². The Morgan fingerprint density at radius 3 is 2.56 bits per heavy atom. The number of hydrogen-bond acceptors (Lipinski definition) is 7. The van der Waals surface area contributed by atoms with Crippen molar-refractivity contribution in [2.45, 2.75) is 84.7 Å². The Labute approximate surface area is 304 Å². The summed E-state index contributed by atoms with van der Waals surface area (Å²) in [6.45, 7) is 12.5. The summed E-state index contributed by atoms with van der Waals surface area (Å²) in [7, 11) is 1.94. The highest BCUT2D eigenvalue weighted by Gasteiger charge is 2.34. The van der Waals surface area contributed by atoms with E-state index in [1.54, 1.807) is 13.1 Å². The van der Waals surface area contributed by atoms with Crippen LogP contribution in [0, 0.1) is 19.7 Å². The topological polar surface area (TPSA) is 98.9 Å². The molecule has 1 atom stereocenters. The summed E-state index contributed by atoms with van der Waals surface area (Å²) in [6.07, 6.45) is 3.72. The molecule has 52 heavy (non-hydrogen) atoms. The molecule has 2 aliphatic heterocycles. The summed E-state index contributed by atoms with van der Waals surface area (Å²) in [5.41, 5.74) is 6.65. The Balaban J connectivity index is 1.28. The van der Waals surface area contributed by atoms with Crippen molar-refractivity contribution in [3.63, 3.8) is 0 Å². The Bertz CT molecular complexity index is 2120. The molecular weight excluding hydrogens is 659 g/mol. The minimum atomic E-state index is -1.34. The van der Waals surface area contributed by atoms with Crippen LogP contribution in [0.15, 0.2) is 60.8 Å².